The third-order valence-electron chi connectivity index (χ3n) is 6.06. The highest BCUT2D eigenvalue weighted by Crippen LogP contribution is 2.23. The molecule has 0 saturated heterocycles. The van der Waals surface area contributed by atoms with Crippen molar-refractivity contribution in [3.8, 4) is 0 Å². The summed E-state index contributed by atoms with van der Waals surface area (Å²) < 4.78 is 0. The quantitative estimate of drug-likeness (QED) is 0.343. The lowest BCUT2D eigenvalue weighted by Crippen LogP contribution is -2.52. The first-order valence-electron chi connectivity index (χ1n) is 11.9. The van der Waals surface area contributed by atoms with Gasteiger partial charge in [-0.3, -0.25) is 9.59 Å². The first-order valence-corrected chi connectivity index (χ1v) is 12.7. The van der Waals surface area contributed by atoms with Gasteiger partial charge in [-0.2, -0.15) is 0 Å². The molecular formula is C29H32Cl2N2O2. The van der Waals surface area contributed by atoms with Crippen LogP contribution in [0.4, 0.5) is 0 Å². The fraction of sp³-hybridized carbons (Fsp3) is 0.310. The number of nitrogens with zero attached hydrogens (tertiary/aromatic N) is 1. The van der Waals surface area contributed by atoms with Crippen LogP contribution in [0.1, 0.15) is 42.5 Å². The molecule has 0 saturated carbocycles. The van der Waals surface area contributed by atoms with Crippen LogP contribution >= 0.6 is 23.2 Å². The predicted molar refractivity (Wildman–Crippen MR) is 144 cm³/mol. The van der Waals surface area contributed by atoms with E-state index >= 15 is 0 Å². The van der Waals surface area contributed by atoms with E-state index in [1.807, 2.05) is 75.4 Å². The van der Waals surface area contributed by atoms with Crippen molar-refractivity contribution in [1.82, 2.24) is 10.2 Å². The molecule has 1 N–H and O–H groups in total. The normalized spacial score (nSPS) is 12.6. The Morgan fingerprint density at radius 2 is 1.66 bits per heavy atom. The molecule has 3 rings (SSSR count). The molecule has 3 aromatic rings. The summed E-state index contributed by atoms with van der Waals surface area (Å²) in [5.74, 6) is -0.331. The lowest BCUT2D eigenvalue weighted by atomic mass is 10.0. The second kappa shape index (κ2) is 12.8. The van der Waals surface area contributed by atoms with Crippen LogP contribution in [0.15, 0.2) is 72.8 Å². The lowest BCUT2D eigenvalue weighted by molar-refractivity contribution is -0.141. The van der Waals surface area contributed by atoms with Crippen molar-refractivity contribution in [2.75, 3.05) is 0 Å². The second-order valence-corrected chi connectivity index (χ2v) is 9.79. The van der Waals surface area contributed by atoms with E-state index in [4.69, 9.17) is 23.2 Å². The van der Waals surface area contributed by atoms with E-state index in [1.165, 1.54) is 0 Å². The zero-order valence-corrected chi connectivity index (χ0v) is 21.9. The number of halogens is 2. The molecular weight excluding hydrogens is 479 g/mol. The van der Waals surface area contributed by atoms with E-state index in [0.717, 1.165) is 23.1 Å². The molecule has 3 aromatic carbocycles. The Kier molecular flexibility index (Phi) is 9.76. The molecule has 2 amide bonds. The van der Waals surface area contributed by atoms with Gasteiger partial charge in [0.2, 0.25) is 11.8 Å². The molecule has 0 aliphatic rings. The molecule has 0 radical (unpaired) electrons. The Bertz CT molecular complexity index is 1150. The summed E-state index contributed by atoms with van der Waals surface area (Å²) in [6.07, 6.45) is 1.29. The zero-order valence-electron chi connectivity index (χ0n) is 20.4. The van der Waals surface area contributed by atoms with Gasteiger partial charge in [-0.25, -0.2) is 0 Å². The number of carbonyl (C=O) groups excluding carboxylic acids is 2. The molecule has 6 heteroatoms. The van der Waals surface area contributed by atoms with Crippen LogP contribution in [0.2, 0.25) is 10.0 Å². The maximum Gasteiger partial charge on any atom is 0.243 e. The highest BCUT2D eigenvalue weighted by molar-refractivity contribution is 6.35. The molecule has 0 aromatic heterocycles. The average molecular weight is 511 g/mol. The predicted octanol–water partition coefficient (Wildman–Crippen LogP) is 6.40. The number of carbonyl (C=O) groups is 2. The molecule has 184 valence electrons. The van der Waals surface area contributed by atoms with Crippen molar-refractivity contribution in [3.63, 3.8) is 0 Å². The van der Waals surface area contributed by atoms with Gasteiger partial charge in [0.05, 0.1) is 6.42 Å². The number of aryl methyl sites for hydroxylation is 1. The summed E-state index contributed by atoms with van der Waals surface area (Å²) in [5.41, 5.74) is 3.73. The molecule has 0 spiro atoms. The van der Waals surface area contributed by atoms with E-state index in [0.29, 0.717) is 28.6 Å². The fourth-order valence-electron chi connectivity index (χ4n) is 3.93. The number of amides is 2. The van der Waals surface area contributed by atoms with Crippen LogP contribution in [0.25, 0.3) is 0 Å². The first-order chi connectivity index (χ1) is 16.8. The topological polar surface area (TPSA) is 49.4 Å². The first kappa shape index (κ1) is 26.8. The Balaban J connectivity index is 1.99. The third kappa shape index (κ3) is 7.84. The monoisotopic (exact) mass is 510 g/mol. The zero-order chi connectivity index (χ0) is 25.4. The number of hydrogen-bond acceptors (Lipinski definition) is 2. The smallest absolute Gasteiger partial charge is 0.243 e. The standard InChI is InChI=1S/C29H32Cl2N2O2/c1-4-21(3)32-29(35)27(16-22-10-6-5-7-11-22)33(19-23-12-8-9-20(2)15-23)28(34)17-24-13-14-25(30)18-26(24)31/h5-15,18,21,27H,4,16-17,19H2,1-3H3,(H,32,35)/t21-,27-/m1/s1. The number of hydrogen-bond donors (Lipinski definition) is 1. The van der Waals surface area contributed by atoms with Gasteiger partial charge in [0.1, 0.15) is 6.04 Å². The SMILES string of the molecule is CC[C@@H](C)NC(=O)[C@@H](Cc1ccccc1)N(Cc1cccc(C)c1)C(=O)Cc1ccc(Cl)cc1Cl. The van der Waals surface area contributed by atoms with E-state index < -0.39 is 6.04 Å². The number of rotatable bonds is 10. The van der Waals surface area contributed by atoms with Crippen LogP contribution in [-0.4, -0.2) is 28.8 Å². The number of nitrogens with one attached hydrogen (secondary N) is 1. The van der Waals surface area contributed by atoms with Crippen molar-refractivity contribution in [1.29, 1.82) is 0 Å². The minimum absolute atomic E-state index is 0.00223. The van der Waals surface area contributed by atoms with E-state index in [1.54, 1.807) is 23.1 Å². The molecule has 0 heterocycles. The van der Waals surface area contributed by atoms with E-state index in [-0.39, 0.29) is 24.3 Å². The maximum absolute atomic E-state index is 13.8. The Morgan fingerprint density at radius 1 is 0.943 bits per heavy atom. The van der Waals surface area contributed by atoms with Gasteiger partial charge in [-0.05, 0) is 49.1 Å². The van der Waals surface area contributed by atoms with Crippen molar-refractivity contribution in [2.24, 2.45) is 0 Å². The van der Waals surface area contributed by atoms with Crippen molar-refractivity contribution in [3.05, 3.63) is 105 Å². The Hall–Kier alpha value is -2.82. The summed E-state index contributed by atoms with van der Waals surface area (Å²) in [5, 5.41) is 4.04. The van der Waals surface area contributed by atoms with E-state index in [9.17, 15) is 9.59 Å². The van der Waals surface area contributed by atoms with Gasteiger partial charge in [-0.15, -0.1) is 0 Å². The van der Waals surface area contributed by atoms with Gasteiger partial charge in [0, 0.05) is 29.1 Å². The van der Waals surface area contributed by atoms with Crippen LogP contribution in [0, 0.1) is 6.92 Å². The molecule has 0 fully saturated rings. The fourth-order valence-corrected chi connectivity index (χ4v) is 4.41. The summed E-state index contributed by atoms with van der Waals surface area (Å²) in [4.78, 5) is 29.0. The van der Waals surface area contributed by atoms with Crippen LogP contribution in [0.3, 0.4) is 0 Å². The van der Waals surface area contributed by atoms with E-state index in [2.05, 4.69) is 5.32 Å². The Labute approximate surface area is 218 Å². The van der Waals surface area contributed by atoms with Gasteiger partial charge >= 0.3 is 0 Å². The second-order valence-electron chi connectivity index (χ2n) is 8.95. The van der Waals surface area contributed by atoms with Crippen molar-refractivity contribution in [2.45, 2.75) is 58.7 Å². The molecule has 35 heavy (non-hydrogen) atoms. The maximum atomic E-state index is 13.8. The van der Waals surface area contributed by atoms with Crippen LogP contribution in [-0.2, 0) is 29.0 Å². The third-order valence-corrected chi connectivity index (χ3v) is 6.65. The molecule has 0 bridgehead atoms. The minimum Gasteiger partial charge on any atom is -0.352 e. The van der Waals surface area contributed by atoms with Crippen molar-refractivity contribution >= 4 is 35.0 Å². The minimum atomic E-state index is -0.675. The van der Waals surface area contributed by atoms with Gasteiger partial charge in [0.25, 0.3) is 0 Å². The largest absolute Gasteiger partial charge is 0.352 e. The molecule has 2 atom stereocenters. The Morgan fingerprint density at radius 3 is 2.31 bits per heavy atom. The number of benzene rings is 3. The lowest BCUT2D eigenvalue weighted by Gasteiger charge is -2.32. The van der Waals surface area contributed by atoms with Crippen molar-refractivity contribution < 1.29 is 9.59 Å². The molecule has 4 nitrogen and oxygen atoms in total. The van der Waals surface area contributed by atoms with Gasteiger partial charge < -0.3 is 10.2 Å². The highest BCUT2D eigenvalue weighted by Gasteiger charge is 2.31. The van der Waals surface area contributed by atoms with Crippen LogP contribution < -0.4 is 5.32 Å². The molecule has 0 aliphatic carbocycles. The van der Waals surface area contributed by atoms with Gasteiger partial charge in [-0.1, -0.05) is 96.4 Å². The molecule has 0 unspecified atom stereocenters. The van der Waals surface area contributed by atoms with Gasteiger partial charge in [0.15, 0.2) is 0 Å². The average Bonchev–Trinajstić information content (AvgIpc) is 2.83. The summed E-state index contributed by atoms with van der Waals surface area (Å²) in [7, 11) is 0. The summed E-state index contributed by atoms with van der Waals surface area (Å²) in [6, 6.07) is 22.2. The molecule has 0 aliphatic heterocycles. The summed E-state index contributed by atoms with van der Waals surface area (Å²) >= 11 is 12.4. The summed E-state index contributed by atoms with van der Waals surface area (Å²) in [6.45, 7) is 6.32. The van der Waals surface area contributed by atoms with Crippen LogP contribution in [0.5, 0.6) is 0 Å². The highest BCUT2D eigenvalue weighted by atomic mass is 35.5.